The van der Waals surface area contributed by atoms with Crippen LogP contribution in [0.1, 0.15) is 24.1 Å². The number of rotatable bonds is 2. The number of hydrogen-bond donors (Lipinski definition) is 2. The van der Waals surface area contributed by atoms with Crippen molar-refractivity contribution in [3.8, 4) is 0 Å². The molecule has 1 aromatic carbocycles. The number of amides is 1. The number of nitrogens with one attached hydrogen (secondary N) is 1. The maximum Gasteiger partial charge on any atom is 0.217 e. The fourth-order valence-corrected chi connectivity index (χ4v) is 2.90. The monoisotopic (exact) mass is 228 g/mol. The van der Waals surface area contributed by atoms with E-state index < -0.39 is 0 Å². The van der Waals surface area contributed by atoms with Gasteiger partial charge in [0.05, 0.1) is 0 Å². The van der Waals surface area contributed by atoms with Crippen LogP contribution in [0.4, 0.5) is 0 Å². The molecule has 3 rings (SSSR count). The molecule has 0 saturated carbocycles. The Morgan fingerprint density at radius 1 is 1.41 bits per heavy atom. The highest BCUT2D eigenvalue weighted by Crippen LogP contribution is 2.32. The van der Waals surface area contributed by atoms with E-state index in [2.05, 4.69) is 23.2 Å². The molecule has 2 aromatic rings. The van der Waals surface area contributed by atoms with Crippen LogP contribution in [0.25, 0.3) is 10.9 Å². The van der Waals surface area contributed by atoms with Gasteiger partial charge in [0.2, 0.25) is 5.91 Å². The zero-order valence-corrected chi connectivity index (χ0v) is 9.70. The summed E-state index contributed by atoms with van der Waals surface area (Å²) in [6, 6.07) is 8.37. The van der Waals surface area contributed by atoms with Crippen LogP contribution in [-0.4, -0.2) is 10.9 Å². The van der Waals surface area contributed by atoms with E-state index in [-0.39, 0.29) is 5.91 Å². The molecule has 0 bridgehead atoms. The van der Waals surface area contributed by atoms with Crippen molar-refractivity contribution in [2.75, 3.05) is 0 Å². The van der Waals surface area contributed by atoms with Crippen LogP contribution in [0, 0.1) is 5.92 Å². The van der Waals surface area contributed by atoms with E-state index in [9.17, 15) is 4.79 Å². The summed E-state index contributed by atoms with van der Waals surface area (Å²) in [4.78, 5) is 14.5. The largest absolute Gasteiger partial charge is 0.370 e. The summed E-state index contributed by atoms with van der Waals surface area (Å²) in [7, 11) is 0. The zero-order valence-electron chi connectivity index (χ0n) is 9.70. The molecule has 3 nitrogen and oxygen atoms in total. The highest BCUT2D eigenvalue weighted by atomic mass is 16.1. The van der Waals surface area contributed by atoms with Gasteiger partial charge in [-0.05, 0) is 36.8 Å². The van der Waals surface area contributed by atoms with E-state index in [0.717, 1.165) is 19.3 Å². The van der Waals surface area contributed by atoms with Crippen LogP contribution in [0.15, 0.2) is 24.3 Å². The number of fused-ring (bicyclic) bond motifs is 3. The maximum absolute atomic E-state index is 11.0. The van der Waals surface area contributed by atoms with Gasteiger partial charge >= 0.3 is 0 Å². The Kier molecular flexibility index (Phi) is 2.39. The lowest BCUT2D eigenvalue weighted by Crippen LogP contribution is -2.21. The molecule has 17 heavy (non-hydrogen) atoms. The Bertz CT molecular complexity index is 571. The number of hydrogen-bond acceptors (Lipinski definition) is 1. The van der Waals surface area contributed by atoms with Gasteiger partial charge in [-0.15, -0.1) is 0 Å². The minimum Gasteiger partial charge on any atom is -0.370 e. The van der Waals surface area contributed by atoms with Gasteiger partial charge in [0, 0.05) is 23.0 Å². The molecule has 3 N–H and O–H groups in total. The Morgan fingerprint density at radius 2 is 2.24 bits per heavy atom. The Hall–Kier alpha value is -1.77. The number of primary amides is 1. The number of aromatic amines is 1. The Labute approximate surface area is 100 Å². The van der Waals surface area contributed by atoms with Crippen LogP contribution >= 0.6 is 0 Å². The first-order chi connectivity index (χ1) is 8.24. The molecule has 0 aliphatic heterocycles. The lowest BCUT2D eigenvalue weighted by atomic mass is 9.84. The minimum atomic E-state index is -0.182. The van der Waals surface area contributed by atoms with Gasteiger partial charge in [-0.1, -0.05) is 18.2 Å². The normalized spacial score (nSPS) is 19.2. The Morgan fingerprint density at radius 3 is 3.06 bits per heavy atom. The third kappa shape index (κ3) is 1.82. The zero-order chi connectivity index (χ0) is 11.8. The van der Waals surface area contributed by atoms with Crippen LogP contribution in [0.2, 0.25) is 0 Å². The van der Waals surface area contributed by atoms with Crippen LogP contribution < -0.4 is 5.73 Å². The first-order valence-electron chi connectivity index (χ1n) is 6.11. The second-order valence-corrected chi connectivity index (χ2v) is 4.91. The average Bonchev–Trinajstić information content (AvgIpc) is 2.66. The number of benzene rings is 1. The number of aromatic nitrogens is 1. The van der Waals surface area contributed by atoms with Crippen molar-refractivity contribution in [3.05, 3.63) is 35.5 Å². The van der Waals surface area contributed by atoms with Gasteiger partial charge in [0.1, 0.15) is 0 Å². The summed E-state index contributed by atoms with van der Waals surface area (Å²) >= 11 is 0. The maximum atomic E-state index is 11.0. The van der Waals surface area contributed by atoms with Gasteiger partial charge in [-0.25, -0.2) is 0 Å². The average molecular weight is 228 g/mol. The van der Waals surface area contributed by atoms with Gasteiger partial charge in [0.15, 0.2) is 0 Å². The number of aryl methyl sites for hydroxylation is 1. The molecule has 1 aliphatic rings. The molecule has 0 spiro atoms. The standard InChI is InChI=1S/C14H16N2O/c15-14(17)8-9-5-6-13-11(7-9)10-3-1-2-4-12(10)16-13/h1-4,9,16H,5-8H2,(H2,15,17). The number of carbonyl (C=O) groups is 1. The van der Waals surface area contributed by atoms with Gasteiger partial charge < -0.3 is 10.7 Å². The summed E-state index contributed by atoms with van der Waals surface area (Å²) in [5.41, 5.74) is 9.22. The third-order valence-electron chi connectivity index (χ3n) is 3.69. The minimum absolute atomic E-state index is 0.182. The van der Waals surface area contributed by atoms with Gasteiger partial charge in [-0.2, -0.15) is 0 Å². The lowest BCUT2D eigenvalue weighted by molar-refractivity contribution is -0.119. The van der Waals surface area contributed by atoms with Crippen LogP contribution in [0.5, 0.6) is 0 Å². The van der Waals surface area contributed by atoms with Crippen LogP contribution in [-0.2, 0) is 17.6 Å². The van der Waals surface area contributed by atoms with Crippen molar-refractivity contribution in [1.29, 1.82) is 0 Å². The molecule has 3 heteroatoms. The summed E-state index contributed by atoms with van der Waals surface area (Å²) in [5, 5.41) is 1.30. The molecule has 1 amide bonds. The molecule has 0 radical (unpaired) electrons. The fraction of sp³-hybridized carbons (Fsp3) is 0.357. The summed E-state index contributed by atoms with van der Waals surface area (Å²) in [6.07, 6.45) is 3.58. The van der Waals surface area contributed by atoms with Crippen molar-refractivity contribution < 1.29 is 4.79 Å². The second kappa shape index (κ2) is 3.91. The topological polar surface area (TPSA) is 58.9 Å². The number of nitrogens with two attached hydrogens (primary N) is 1. The van der Waals surface area contributed by atoms with Crippen molar-refractivity contribution in [2.24, 2.45) is 11.7 Å². The van der Waals surface area contributed by atoms with Crippen LogP contribution in [0.3, 0.4) is 0 Å². The van der Waals surface area contributed by atoms with E-state index in [4.69, 9.17) is 5.73 Å². The molecule has 1 unspecified atom stereocenters. The summed E-state index contributed by atoms with van der Waals surface area (Å²) in [6.45, 7) is 0. The summed E-state index contributed by atoms with van der Waals surface area (Å²) < 4.78 is 0. The molecule has 0 fully saturated rings. The van der Waals surface area contributed by atoms with Crippen molar-refractivity contribution in [3.63, 3.8) is 0 Å². The number of H-pyrrole nitrogens is 1. The van der Waals surface area contributed by atoms with E-state index in [1.807, 2.05) is 6.07 Å². The first-order valence-corrected chi connectivity index (χ1v) is 6.11. The lowest BCUT2D eigenvalue weighted by Gasteiger charge is -2.21. The van der Waals surface area contributed by atoms with Gasteiger partial charge in [0.25, 0.3) is 0 Å². The highest BCUT2D eigenvalue weighted by Gasteiger charge is 2.23. The molecule has 1 heterocycles. The molecule has 1 atom stereocenters. The quantitative estimate of drug-likeness (QED) is 0.813. The molecular formula is C14H16N2O. The molecule has 1 aromatic heterocycles. The SMILES string of the molecule is NC(=O)CC1CCc2[nH]c3ccccc3c2C1. The highest BCUT2D eigenvalue weighted by molar-refractivity contribution is 5.85. The summed E-state index contributed by atoms with van der Waals surface area (Å²) in [5.74, 6) is 0.234. The van der Waals surface area contributed by atoms with E-state index in [0.29, 0.717) is 12.3 Å². The predicted octanol–water partition coefficient (Wildman–Crippen LogP) is 2.15. The first kappa shape index (κ1) is 10.4. The van der Waals surface area contributed by atoms with Crippen molar-refractivity contribution in [1.82, 2.24) is 4.98 Å². The molecule has 88 valence electrons. The van der Waals surface area contributed by atoms with Gasteiger partial charge in [-0.3, -0.25) is 4.79 Å². The van der Waals surface area contributed by atoms with E-state index >= 15 is 0 Å². The van der Waals surface area contributed by atoms with Crippen molar-refractivity contribution in [2.45, 2.75) is 25.7 Å². The third-order valence-corrected chi connectivity index (χ3v) is 3.69. The molecule has 0 saturated heterocycles. The number of carbonyl (C=O) groups excluding carboxylic acids is 1. The predicted molar refractivity (Wildman–Crippen MR) is 67.6 cm³/mol. The molecule has 1 aliphatic carbocycles. The van der Waals surface area contributed by atoms with Crippen molar-refractivity contribution >= 4 is 16.8 Å². The smallest absolute Gasteiger partial charge is 0.217 e. The second-order valence-electron chi connectivity index (χ2n) is 4.91. The fourth-order valence-electron chi connectivity index (χ4n) is 2.90. The number of para-hydroxylation sites is 1. The molecular weight excluding hydrogens is 212 g/mol. The Balaban J connectivity index is 1.97. The van der Waals surface area contributed by atoms with E-state index in [1.165, 1.54) is 22.2 Å². The van der Waals surface area contributed by atoms with E-state index in [1.54, 1.807) is 0 Å².